The molecule has 0 aromatic heterocycles. The van der Waals surface area contributed by atoms with E-state index in [1.165, 1.54) is 12.1 Å². The number of rotatable bonds is 4. The molecule has 1 heterocycles. The van der Waals surface area contributed by atoms with Crippen LogP contribution in [-0.2, 0) is 9.31 Å². The van der Waals surface area contributed by atoms with Gasteiger partial charge in [-0.2, -0.15) is 12.6 Å². The van der Waals surface area contributed by atoms with Gasteiger partial charge in [0.15, 0.2) is 0 Å². The minimum Gasteiger partial charge on any atom is -0.507 e. The Balaban J connectivity index is 2.32. The fraction of sp³-hybridized carbons (Fsp3) is 0.438. The summed E-state index contributed by atoms with van der Waals surface area (Å²) < 4.78 is 12.0. The number of aromatic carboxylic acids is 1. The minimum absolute atomic E-state index is 0.0303. The first-order chi connectivity index (χ1) is 10.6. The van der Waals surface area contributed by atoms with Crippen LogP contribution in [0.5, 0.6) is 5.75 Å². The predicted molar refractivity (Wildman–Crippen MR) is 93.0 cm³/mol. The van der Waals surface area contributed by atoms with Gasteiger partial charge < -0.3 is 19.5 Å². The maximum Gasteiger partial charge on any atom is 0.491 e. The zero-order chi connectivity index (χ0) is 17.4. The third-order valence-corrected chi connectivity index (χ3v) is 4.72. The van der Waals surface area contributed by atoms with Crippen LogP contribution >= 0.6 is 12.6 Å². The molecule has 1 saturated heterocycles. The van der Waals surface area contributed by atoms with E-state index in [1.54, 1.807) is 12.1 Å². The average Bonchev–Trinajstić information content (AvgIpc) is 2.65. The van der Waals surface area contributed by atoms with Gasteiger partial charge in [0.05, 0.1) is 16.8 Å². The number of phenols is 1. The van der Waals surface area contributed by atoms with Crippen molar-refractivity contribution in [2.24, 2.45) is 0 Å². The summed E-state index contributed by atoms with van der Waals surface area (Å²) in [4.78, 5) is 10.9. The Bertz CT molecular complexity index is 638. The van der Waals surface area contributed by atoms with Gasteiger partial charge in [0, 0.05) is 11.3 Å². The monoisotopic (exact) mass is 336 g/mol. The fourth-order valence-electron chi connectivity index (χ4n) is 2.18. The summed E-state index contributed by atoms with van der Waals surface area (Å²) in [6, 6.07) is 4.20. The molecule has 0 bridgehead atoms. The summed E-state index contributed by atoms with van der Waals surface area (Å²) >= 11 is 4.32. The molecule has 0 unspecified atom stereocenters. The van der Waals surface area contributed by atoms with E-state index in [1.807, 2.05) is 27.7 Å². The van der Waals surface area contributed by atoms with Gasteiger partial charge in [-0.05, 0) is 45.3 Å². The summed E-state index contributed by atoms with van der Waals surface area (Å²) in [7, 11) is -0.559. The first-order valence-corrected chi connectivity index (χ1v) is 7.94. The molecular weight excluding hydrogens is 315 g/mol. The fourth-order valence-corrected chi connectivity index (χ4v) is 2.42. The molecule has 0 atom stereocenters. The highest BCUT2D eigenvalue weighted by molar-refractivity contribution is 7.80. The molecule has 0 radical (unpaired) electrons. The highest BCUT2D eigenvalue weighted by Crippen LogP contribution is 2.39. The van der Waals surface area contributed by atoms with Crippen LogP contribution in [0.15, 0.2) is 23.7 Å². The highest BCUT2D eigenvalue weighted by atomic mass is 32.1. The van der Waals surface area contributed by atoms with Gasteiger partial charge in [-0.3, -0.25) is 0 Å². The van der Waals surface area contributed by atoms with Crippen LogP contribution in [0.4, 0.5) is 0 Å². The number of thiol groups is 1. The van der Waals surface area contributed by atoms with E-state index in [4.69, 9.17) is 14.4 Å². The average molecular weight is 336 g/mol. The zero-order valence-electron chi connectivity index (χ0n) is 13.7. The maximum atomic E-state index is 10.9. The van der Waals surface area contributed by atoms with Gasteiger partial charge in [0.1, 0.15) is 5.75 Å². The summed E-state index contributed by atoms with van der Waals surface area (Å²) in [6.07, 6.45) is 1.72. The van der Waals surface area contributed by atoms with Gasteiger partial charge in [-0.15, -0.1) is 0 Å². The maximum absolute atomic E-state index is 10.9. The Morgan fingerprint density at radius 1 is 1.26 bits per heavy atom. The van der Waals surface area contributed by atoms with E-state index in [-0.39, 0.29) is 11.3 Å². The quantitative estimate of drug-likeness (QED) is 0.582. The van der Waals surface area contributed by atoms with Gasteiger partial charge in [0.25, 0.3) is 0 Å². The van der Waals surface area contributed by atoms with Crippen LogP contribution in [0.3, 0.4) is 0 Å². The Morgan fingerprint density at radius 2 is 1.83 bits per heavy atom. The number of carbonyl (C=O) groups is 1. The lowest BCUT2D eigenvalue weighted by Crippen LogP contribution is -2.41. The molecule has 2 N–H and O–H groups in total. The van der Waals surface area contributed by atoms with Crippen LogP contribution in [0.2, 0.25) is 0 Å². The molecule has 1 fully saturated rings. The molecule has 23 heavy (non-hydrogen) atoms. The first-order valence-electron chi connectivity index (χ1n) is 7.30. The van der Waals surface area contributed by atoms with E-state index in [0.717, 1.165) is 5.47 Å². The largest absolute Gasteiger partial charge is 0.507 e. The summed E-state index contributed by atoms with van der Waals surface area (Å²) in [5.41, 5.74) is 0.353. The Morgan fingerprint density at radius 3 is 2.26 bits per heavy atom. The smallest absolute Gasteiger partial charge is 0.491 e. The molecule has 0 saturated carbocycles. The van der Waals surface area contributed by atoms with Crippen molar-refractivity contribution in [2.75, 3.05) is 5.75 Å². The van der Waals surface area contributed by atoms with Crippen LogP contribution in [0.25, 0.3) is 6.08 Å². The Kier molecular flexibility index (Phi) is 4.85. The molecule has 1 aromatic carbocycles. The molecule has 1 aliphatic rings. The number of aromatic hydroxyl groups is 1. The van der Waals surface area contributed by atoms with Crippen molar-refractivity contribution in [1.82, 2.24) is 0 Å². The van der Waals surface area contributed by atoms with E-state index < -0.39 is 24.3 Å². The van der Waals surface area contributed by atoms with E-state index in [0.29, 0.717) is 11.3 Å². The number of carboxylic acids is 1. The molecule has 0 aliphatic carbocycles. The van der Waals surface area contributed by atoms with Crippen LogP contribution in [0.1, 0.15) is 43.6 Å². The second-order valence-corrected chi connectivity index (χ2v) is 6.86. The lowest BCUT2D eigenvalue weighted by atomic mass is 9.78. The lowest BCUT2D eigenvalue weighted by molar-refractivity contribution is 0.00578. The number of benzene rings is 1. The van der Waals surface area contributed by atoms with E-state index >= 15 is 0 Å². The van der Waals surface area contributed by atoms with Crippen molar-refractivity contribution in [1.29, 1.82) is 0 Å². The van der Waals surface area contributed by atoms with Gasteiger partial charge >= 0.3 is 13.1 Å². The van der Waals surface area contributed by atoms with Crippen molar-refractivity contribution in [2.45, 2.75) is 38.9 Å². The molecule has 0 spiro atoms. The van der Waals surface area contributed by atoms with Gasteiger partial charge in [-0.1, -0.05) is 12.1 Å². The summed E-state index contributed by atoms with van der Waals surface area (Å²) in [5, 5.41) is 19.0. The van der Waals surface area contributed by atoms with Crippen LogP contribution in [0, 0.1) is 0 Å². The van der Waals surface area contributed by atoms with Gasteiger partial charge in [-0.25, -0.2) is 4.79 Å². The van der Waals surface area contributed by atoms with E-state index in [9.17, 15) is 9.90 Å². The summed E-state index contributed by atoms with van der Waals surface area (Å²) in [5.74, 6) is -0.811. The van der Waals surface area contributed by atoms with E-state index in [2.05, 4.69) is 12.6 Å². The number of hydrogen-bond donors (Lipinski definition) is 3. The second kappa shape index (κ2) is 6.22. The van der Waals surface area contributed by atoms with Crippen molar-refractivity contribution < 1.29 is 24.3 Å². The molecule has 124 valence electrons. The SMILES string of the molecule is CC1(C)OB(C(=Cc2ccc(C(=O)O)cc2O)CS)OC1(C)C. The zero-order valence-corrected chi connectivity index (χ0v) is 14.6. The third kappa shape index (κ3) is 3.57. The topological polar surface area (TPSA) is 76.0 Å². The molecule has 0 amide bonds. The molecule has 5 nitrogen and oxygen atoms in total. The minimum atomic E-state index is -1.09. The number of phenolic OH excluding ortho intramolecular Hbond substituents is 1. The molecular formula is C16H21BO5S. The van der Waals surface area contributed by atoms with Crippen LogP contribution in [-0.4, -0.2) is 40.3 Å². The van der Waals surface area contributed by atoms with Crippen LogP contribution < -0.4 is 0 Å². The second-order valence-electron chi connectivity index (χ2n) is 6.54. The standard InChI is InChI=1S/C16H21BO5S/c1-15(2)16(3,4)22-17(21-15)12(9-23)7-10-5-6-11(14(19)20)8-13(10)18/h5-8,18,23H,9H2,1-4H3,(H,19,20). The highest BCUT2D eigenvalue weighted by Gasteiger charge is 2.52. The molecule has 2 rings (SSSR count). The Labute approximate surface area is 141 Å². The lowest BCUT2D eigenvalue weighted by Gasteiger charge is -2.32. The Hall–Kier alpha value is -1.44. The number of carboxylic acid groups (broad SMARTS) is 1. The number of hydrogen-bond acceptors (Lipinski definition) is 5. The van der Waals surface area contributed by atoms with Crippen molar-refractivity contribution >= 4 is 31.8 Å². The van der Waals surface area contributed by atoms with Crippen molar-refractivity contribution in [3.8, 4) is 5.75 Å². The van der Waals surface area contributed by atoms with Gasteiger partial charge in [0.2, 0.25) is 0 Å². The first kappa shape index (κ1) is 17.9. The molecule has 1 aliphatic heterocycles. The van der Waals surface area contributed by atoms with Crippen molar-refractivity contribution in [3.05, 3.63) is 34.8 Å². The van der Waals surface area contributed by atoms with Crippen molar-refractivity contribution in [3.63, 3.8) is 0 Å². The normalized spacial score (nSPS) is 19.9. The predicted octanol–water partition coefficient (Wildman–Crippen LogP) is 3.04. The molecule has 7 heteroatoms. The molecule has 1 aromatic rings. The summed E-state index contributed by atoms with van der Waals surface area (Å²) in [6.45, 7) is 7.84. The third-order valence-electron chi connectivity index (χ3n) is 4.36.